The topological polar surface area (TPSA) is 108 Å². The lowest BCUT2D eigenvalue weighted by Gasteiger charge is -2.20. The molecule has 10 nitrogen and oxygen atoms in total. The summed E-state index contributed by atoms with van der Waals surface area (Å²) in [5, 5.41) is 19.7. The monoisotopic (exact) mass is 370 g/mol. The Morgan fingerprint density at radius 2 is 2.16 bits per heavy atom. The number of nitro groups is 1. The van der Waals surface area contributed by atoms with Crippen molar-refractivity contribution in [1.29, 1.82) is 0 Å². The summed E-state index contributed by atoms with van der Waals surface area (Å²) in [7, 11) is 2.89. The normalized spacial score (nSPS) is 12.0. The van der Waals surface area contributed by atoms with Crippen molar-refractivity contribution >= 4 is 23.2 Å². The fraction of sp³-hybridized carbons (Fsp3) is 0.500. The fourth-order valence-corrected chi connectivity index (χ4v) is 2.49. The number of likely N-dealkylation sites (N-methyl/N-ethyl adjacent to an activating group) is 1. The molecular weight excluding hydrogens is 352 g/mol. The molecule has 0 spiro atoms. The molecule has 11 heteroatoms. The van der Waals surface area contributed by atoms with E-state index in [2.05, 4.69) is 10.2 Å². The highest BCUT2D eigenvalue weighted by atomic mass is 35.5. The Bertz CT molecular complexity index is 786. The van der Waals surface area contributed by atoms with E-state index in [1.807, 2.05) is 6.92 Å². The number of aromatic nitrogens is 4. The standard InChI is InChI=1S/C14H19ClN6O4/c1-5-19-6-10(15)11(16-19)7-18(3)14(22)9(2)20-8-12(21(23)24)13(17-20)25-4/h6,8-9H,5,7H2,1-4H3. The zero-order valence-corrected chi connectivity index (χ0v) is 15.1. The summed E-state index contributed by atoms with van der Waals surface area (Å²) in [6.07, 6.45) is 2.87. The van der Waals surface area contributed by atoms with E-state index >= 15 is 0 Å². The molecule has 0 aliphatic carbocycles. The molecule has 0 aliphatic heterocycles. The minimum absolute atomic E-state index is 0.142. The van der Waals surface area contributed by atoms with E-state index in [-0.39, 0.29) is 24.0 Å². The molecule has 2 rings (SSSR count). The van der Waals surface area contributed by atoms with Crippen molar-refractivity contribution in [3.8, 4) is 5.88 Å². The van der Waals surface area contributed by atoms with Crippen LogP contribution in [0.2, 0.25) is 5.02 Å². The van der Waals surface area contributed by atoms with E-state index in [1.165, 1.54) is 22.9 Å². The van der Waals surface area contributed by atoms with Crippen LogP contribution < -0.4 is 4.74 Å². The molecule has 0 N–H and O–H groups in total. The van der Waals surface area contributed by atoms with Crippen molar-refractivity contribution in [2.45, 2.75) is 33.0 Å². The lowest BCUT2D eigenvalue weighted by molar-refractivity contribution is -0.385. The molecule has 0 bridgehead atoms. The molecule has 0 saturated heterocycles. The van der Waals surface area contributed by atoms with Crippen LogP contribution in [0.5, 0.6) is 5.88 Å². The van der Waals surface area contributed by atoms with Crippen LogP contribution in [-0.2, 0) is 17.9 Å². The number of hydrogen-bond donors (Lipinski definition) is 0. The minimum atomic E-state index is -0.750. The summed E-state index contributed by atoms with van der Waals surface area (Å²) < 4.78 is 7.77. The Hall–Kier alpha value is -2.62. The van der Waals surface area contributed by atoms with Gasteiger partial charge in [0.25, 0.3) is 0 Å². The van der Waals surface area contributed by atoms with E-state index in [1.54, 1.807) is 24.9 Å². The van der Waals surface area contributed by atoms with Crippen molar-refractivity contribution in [3.63, 3.8) is 0 Å². The molecular formula is C14H19ClN6O4. The predicted octanol–water partition coefficient (Wildman–Crippen LogP) is 1.89. The van der Waals surface area contributed by atoms with Gasteiger partial charge in [-0.2, -0.15) is 5.10 Å². The first-order valence-electron chi connectivity index (χ1n) is 7.52. The van der Waals surface area contributed by atoms with Crippen LogP contribution in [0.4, 0.5) is 5.69 Å². The van der Waals surface area contributed by atoms with E-state index in [4.69, 9.17) is 16.3 Å². The third-order valence-electron chi connectivity index (χ3n) is 3.70. The van der Waals surface area contributed by atoms with E-state index in [0.717, 1.165) is 0 Å². The number of nitrogens with zero attached hydrogens (tertiary/aromatic N) is 6. The first kappa shape index (κ1) is 18.7. The first-order chi connectivity index (χ1) is 11.8. The van der Waals surface area contributed by atoms with Gasteiger partial charge < -0.3 is 9.64 Å². The van der Waals surface area contributed by atoms with E-state index in [9.17, 15) is 14.9 Å². The van der Waals surface area contributed by atoms with Crippen LogP contribution in [0.15, 0.2) is 12.4 Å². The third-order valence-corrected chi connectivity index (χ3v) is 4.01. The molecule has 1 unspecified atom stereocenters. The maximum atomic E-state index is 12.6. The van der Waals surface area contributed by atoms with Crippen LogP contribution in [0.3, 0.4) is 0 Å². The number of methoxy groups -OCH3 is 1. The number of rotatable bonds is 7. The first-order valence-corrected chi connectivity index (χ1v) is 7.90. The van der Waals surface area contributed by atoms with Gasteiger partial charge in [0.05, 0.1) is 23.6 Å². The molecule has 2 aromatic rings. The number of halogens is 1. The number of ether oxygens (including phenoxy) is 1. The summed E-state index contributed by atoms with van der Waals surface area (Å²) in [5.41, 5.74) is 0.283. The van der Waals surface area contributed by atoms with Gasteiger partial charge in [-0.15, -0.1) is 5.10 Å². The molecule has 136 valence electrons. The maximum Gasteiger partial charge on any atom is 0.350 e. The van der Waals surface area contributed by atoms with Crippen molar-refractivity contribution in [3.05, 3.63) is 33.2 Å². The molecule has 0 fully saturated rings. The second-order valence-corrected chi connectivity index (χ2v) is 5.82. The number of amides is 1. The Morgan fingerprint density at radius 3 is 2.64 bits per heavy atom. The average molecular weight is 371 g/mol. The molecule has 2 aromatic heterocycles. The molecule has 25 heavy (non-hydrogen) atoms. The fourth-order valence-electron chi connectivity index (χ4n) is 2.28. The number of carbonyl (C=O) groups is 1. The van der Waals surface area contributed by atoms with Gasteiger partial charge >= 0.3 is 11.6 Å². The average Bonchev–Trinajstić information content (AvgIpc) is 3.17. The second-order valence-electron chi connectivity index (χ2n) is 5.41. The second kappa shape index (κ2) is 7.51. The summed E-state index contributed by atoms with van der Waals surface area (Å²) in [6.45, 7) is 4.42. The minimum Gasteiger partial charge on any atom is -0.475 e. The SMILES string of the molecule is CCn1cc(Cl)c(CN(C)C(=O)C(C)n2cc([N+](=O)[O-])c(OC)n2)n1. The highest BCUT2D eigenvalue weighted by Gasteiger charge is 2.27. The van der Waals surface area contributed by atoms with Gasteiger partial charge in [0.1, 0.15) is 17.9 Å². The highest BCUT2D eigenvalue weighted by Crippen LogP contribution is 2.26. The Morgan fingerprint density at radius 1 is 1.48 bits per heavy atom. The molecule has 2 heterocycles. The van der Waals surface area contributed by atoms with Gasteiger partial charge in [0.15, 0.2) is 0 Å². The van der Waals surface area contributed by atoms with Gasteiger partial charge in [-0.1, -0.05) is 11.6 Å². The van der Waals surface area contributed by atoms with Gasteiger partial charge in [-0.3, -0.25) is 19.6 Å². The number of carbonyl (C=O) groups excluding carboxylic acids is 1. The van der Waals surface area contributed by atoms with Crippen LogP contribution in [0, 0.1) is 10.1 Å². The lowest BCUT2D eigenvalue weighted by atomic mass is 10.3. The van der Waals surface area contributed by atoms with Crippen LogP contribution in [0.1, 0.15) is 25.6 Å². The van der Waals surface area contributed by atoms with Crippen LogP contribution in [0.25, 0.3) is 0 Å². The van der Waals surface area contributed by atoms with Crippen molar-refractivity contribution in [1.82, 2.24) is 24.5 Å². The van der Waals surface area contributed by atoms with Gasteiger partial charge in [0.2, 0.25) is 5.91 Å². The summed E-state index contributed by atoms with van der Waals surface area (Å²) in [6, 6.07) is -0.750. The predicted molar refractivity (Wildman–Crippen MR) is 89.5 cm³/mol. The lowest BCUT2D eigenvalue weighted by Crippen LogP contribution is -2.33. The van der Waals surface area contributed by atoms with Crippen molar-refractivity contribution in [2.24, 2.45) is 0 Å². The van der Waals surface area contributed by atoms with Gasteiger partial charge in [-0.05, 0) is 13.8 Å². The molecule has 1 amide bonds. The van der Waals surface area contributed by atoms with Crippen molar-refractivity contribution in [2.75, 3.05) is 14.2 Å². The van der Waals surface area contributed by atoms with E-state index < -0.39 is 11.0 Å². The van der Waals surface area contributed by atoms with Gasteiger partial charge in [0, 0.05) is 19.8 Å². The molecule has 1 atom stereocenters. The number of aryl methyl sites for hydroxylation is 1. The van der Waals surface area contributed by atoms with Gasteiger partial charge in [-0.25, -0.2) is 4.68 Å². The van der Waals surface area contributed by atoms with E-state index in [0.29, 0.717) is 17.3 Å². The molecule has 0 radical (unpaired) electrons. The van der Waals surface area contributed by atoms with Crippen molar-refractivity contribution < 1.29 is 14.5 Å². The Labute approximate surface area is 149 Å². The van der Waals surface area contributed by atoms with Crippen LogP contribution in [-0.4, -0.2) is 49.4 Å². The molecule has 0 aliphatic rings. The maximum absolute atomic E-state index is 12.6. The zero-order chi connectivity index (χ0) is 18.7. The summed E-state index contributed by atoms with van der Waals surface area (Å²) >= 11 is 6.12. The third kappa shape index (κ3) is 3.90. The van der Waals surface area contributed by atoms with Crippen LogP contribution >= 0.6 is 11.6 Å². The zero-order valence-electron chi connectivity index (χ0n) is 14.3. The quantitative estimate of drug-likeness (QED) is 0.544. The summed E-state index contributed by atoms with van der Waals surface area (Å²) in [4.78, 5) is 24.4. The Balaban J connectivity index is 2.15. The smallest absolute Gasteiger partial charge is 0.350 e. The summed E-state index contributed by atoms with van der Waals surface area (Å²) in [5.74, 6) is -0.431. The molecule has 0 aromatic carbocycles. The number of hydrogen-bond acceptors (Lipinski definition) is 6. The highest BCUT2D eigenvalue weighted by molar-refractivity contribution is 6.31. The Kier molecular flexibility index (Phi) is 5.62. The molecule has 0 saturated carbocycles. The largest absolute Gasteiger partial charge is 0.475 e.